The van der Waals surface area contributed by atoms with Gasteiger partial charge in [-0.1, -0.05) is 34.1 Å². The predicted molar refractivity (Wildman–Crippen MR) is 68.3 cm³/mol. The lowest BCUT2D eigenvalue weighted by Crippen LogP contribution is -2.27. The first-order valence-corrected chi connectivity index (χ1v) is 7.10. The molecule has 1 heterocycles. The molecule has 0 radical (unpaired) electrons. The Labute approximate surface area is 98.4 Å². The first kappa shape index (κ1) is 13.1. The summed E-state index contributed by atoms with van der Waals surface area (Å²) in [6.45, 7) is 8.86. The van der Waals surface area contributed by atoms with E-state index in [4.69, 9.17) is 0 Å². The van der Waals surface area contributed by atoms with E-state index in [0.29, 0.717) is 17.0 Å². The molecule has 0 N–H and O–H groups in total. The first-order valence-electron chi connectivity index (χ1n) is 6.05. The molecule has 2 unspecified atom stereocenters. The molecule has 1 fully saturated rings. The quantitative estimate of drug-likeness (QED) is 0.728. The molecule has 2 heteroatoms. The standard InChI is InChI=1S/C13H24OS/c1-10(13(2,3)4)9-11(14)12-7-5-6-8-15-12/h10,12H,5-9H2,1-4H3. The van der Waals surface area contributed by atoms with Crippen molar-refractivity contribution in [3.63, 3.8) is 0 Å². The molecule has 0 spiro atoms. The summed E-state index contributed by atoms with van der Waals surface area (Å²) < 4.78 is 0. The van der Waals surface area contributed by atoms with Crippen LogP contribution in [-0.4, -0.2) is 16.8 Å². The lowest BCUT2D eigenvalue weighted by Gasteiger charge is -2.28. The van der Waals surface area contributed by atoms with Gasteiger partial charge in [0.05, 0.1) is 5.25 Å². The van der Waals surface area contributed by atoms with E-state index in [-0.39, 0.29) is 5.41 Å². The van der Waals surface area contributed by atoms with Crippen LogP contribution in [0, 0.1) is 11.3 Å². The molecular formula is C13H24OS. The van der Waals surface area contributed by atoms with Crippen LogP contribution < -0.4 is 0 Å². The van der Waals surface area contributed by atoms with E-state index in [1.165, 1.54) is 18.6 Å². The number of hydrogen-bond donors (Lipinski definition) is 0. The zero-order valence-electron chi connectivity index (χ0n) is 10.5. The molecule has 15 heavy (non-hydrogen) atoms. The normalized spacial score (nSPS) is 24.9. The van der Waals surface area contributed by atoms with Gasteiger partial charge in [0.15, 0.2) is 0 Å². The highest BCUT2D eigenvalue weighted by molar-refractivity contribution is 8.00. The highest BCUT2D eigenvalue weighted by Gasteiger charge is 2.27. The molecule has 1 rings (SSSR count). The second-order valence-corrected chi connectivity index (χ2v) is 7.10. The van der Waals surface area contributed by atoms with Crippen LogP contribution in [0.25, 0.3) is 0 Å². The molecule has 2 atom stereocenters. The molecule has 0 saturated carbocycles. The second kappa shape index (κ2) is 5.38. The number of hydrogen-bond acceptors (Lipinski definition) is 2. The highest BCUT2D eigenvalue weighted by atomic mass is 32.2. The molecule has 88 valence electrons. The van der Waals surface area contributed by atoms with E-state index < -0.39 is 0 Å². The third kappa shape index (κ3) is 4.18. The summed E-state index contributed by atoms with van der Waals surface area (Å²) in [5, 5.41) is 0.309. The first-order chi connectivity index (χ1) is 6.91. The summed E-state index contributed by atoms with van der Waals surface area (Å²) in [6.07, 6.45) is 4.41. The molecular weight excluding hydrogens is 204 g/mol. The fraction of sp³-hybridized carbons (Fsp3) is 0.923. The minimum Gasteiger partial charge on any atom is -0.298 e. The van der Waals surface area contributed by atoms with Crippen molar-refractivity contribution in [1.82, 2.24) is 0 Å². The fourth-order valence-electron chi connectivity index (χ4n) is 1.73. The van der Waals surface area contributed by atoms with Crippen molar-refractivity contribution >= 4 is 17.5 Å². The topological polar surface area (TPSA) is 17.1 Å². The van der Waals surface area contributed by atoms with Gasteiger partial charge >= 0.3 is 0 Å². The maximum Gasteiger partial charge on any atom is 0.146 e. The van der Waals surface area contributed by atoms with Gasteiger partial charge in [-0.3, -0.25) is 4.79 Å². The highest BCUT2D eigenvalue weighted by Crippen LogP contribution is 2.32. The summed E-state index contributed by atoms with van der Waals surface area (Å²) in [5.41, 5.74) is 0.259. The van der Waals surface area contributed by atoms with Crippen LogP contribution in [0.15, 0.2) is 0 Å². The van der Waals surface area contributed by atoms with Crippen LogP contribution in [0.2, 0.25) is 0 Å². The van der Waals surface area contributed by atoms with Gasteiger partial charge in [0.25, 0.3) is 0 Å². The van der Waals surface area contributed by atoms with Crippen LogP contribution in [0.3, 0.4) is 0 Å². The Kier molecular flexibility index (Phi) is 4.69. The molecule has 0 amide bonds. The molecule has 1 nitrogen and oxygen atoms in total. The number of thioether (sulfide) groups is 1. The average molecular weight is 228 g/mol. The minimum atomic E-state index is 0.259. The molecule has 0 aliphatic carbocycles. The summed E-state index contributed by atoms with van der Waals surface area (Å²) >= 11 is 1.87. The Hall–Kier alpha value is 0.0200. The van der Waals surface area contributed by atoms with E-state index in [9.17, 15) is 4.79 Å². The molecule has 0 aromatic carbocycles. The fourth-order valence-corrected chi connectivity index (χ4v) is 3.00. The summed E-state index contributed by atoms with van der Waals surface area (Å²) in [7, 11) is 0. The van der Waals surface area contributed by atoms with Gasteiger partial charge in [-0.15, -0.1) is 0 Å². The lowest BCUT2D eigenvalue weighted by molar-refractivity contribution is -0.120. The van der Waals surface area contributed by atoms with E-state index >= 15 is 0 Å². The van der Waals surface area contributed by atoms with Gasteiger partial charge in [-0.2, -0.15) is 11.8 Å². The maximum atomic E-state index is 12.0. The van der Waals surface area contributed by atoms with Gasteiger partial charge in [0.2, 0.25) is 0 Å². The number of carbonyl (C=O) groups is 1. The Morgan fingerprint density at radius 3 is 2.53 bits per heavy atom. The van der Waals surface area contributed by atoms with Gasteiger partial charge in [-0.05, 0) is 29.9 Å². The van der Waals surface area contributed by atoms with Gasteiger partial charge in [0, 0.05) is 6.42 Å². The van der Waals surface area contributed by atoms with Crippen LogP contribution in [-0.2, 0) is 4.79 Å². The third-order valence-electron chi connectivity index (χ3n) is 3.52. The van der Waals surface area contributed by atoms with E-state index in [2.05, 4.69) is 27.7 Å². The van der Waals surface area contributed by atoms with Gasteiger partial charge in [-0.25, -0.2) is 0 Å². The summed E-state index contributed by atoms with van der Waals surface area (Å²) in [4.78, 5) is 12.0. The van der Waals surface area contributed by atoms with E-state index in [1.807, 2.05) is 11.8 Å². The summed E-state index contributed by atoms with van der Waals surface area (Å²) in [6, 6.07) is 0. The Bertz CT molecular complexity index is 211. The SMILES string of the molecule is CC(CC(=O)C1CCCCS1)C(C)(C)C. The molecule has 0 aromatic rings. The third-order valence-corrected chi connectivity index (χ3v) is 4.95. The van der Waals surface area contributed by atoms with Crippen molar-refractivity contribution in [2.24, 2.45) is 11.3 Å². The van der Waals surface area contributed by atoms with Crippen molar-refractivity contribution in [2.75, 3.05) is 5.75 Å². The molecule has 0 aromatic heterocycles. The Morgan fingerprint density at radius 2 is 2.07 bits per heavy atom. The number of ketones is 1. The predicted octanol–water partition coefficient (Wildman–Crippen LogP) is 3.91. The number of rotatable bonds is 3. The second-order valence-electron chi connectivity index (χ2n) is 5.79. The van der Waals surface area contributed by atoms with E-state index in [1.54, 1.807) is 0 Å². The molecule has 1 saturated heterocycles. The van der Waals surface area contributed by atoms with Crippen molar-refractivity contribution in [1.29, 1.82) is 0 Å². The van der Waals surface area contributed by atoms with Crippen LogP contribution in [0.4, 0.5) is 0 Å². The smallest absolute Gasteiger partial charge is 0.146 e. The molecule has 0 bridgehead atoms. The number of carbonyl (C=O) groups excluding carboxylic acids is 1. The largest absolute Gasteiger partial charge is 0.298 e. The van der Waals surface area contributed by atoms with Crippen molar-refractivity contribution < 1.29 is 4.79 Å². The Morgan fingerprint density at radius 1 is 1.40 bits per heavy atom. The lowest BCUT2D eigenvalue weighted by atomic mass is 9.79. The van der Waals surface area contributed by atoms with E-state index in [0.717, 1.165) is 12.8 Å². The van der Waals surface area contributed by atoms with Crippen LogP contribution in [0.1, 0.15) is 53.4 Å². The zero-order valence-corrected chi connectivity index (χ0v) is 11.3. The average Bonchev–Trinajstić information content (AvgIpc) is 2.17. The van der Waals surface area contributed by atoms with Crippen molar-refractivity contribution in [3.8, 4) is 0 Å². The molecule has 1 aliphatic heterocycles. The van der Waals surface area contributed by atoms with Crippen LogP contribution >= 0.6 is 11.8 Å². The van der Waals surface area contributed by atoms with Crippen molar-refractivity contribution in [2.45, 2.75) is 58.6 Å². The summed E-state index contributed by atoms with van der Waals surface area (Å²) in [5.74, 6) is 2.16. The van der Waals surface area contributed by atoms with Gasteiger partial charge < -0.3 is 0 Å². The number of Topliss-reactive ketones (excluding diaryl/α,β-unsaturated/α-hetero) is 1. The zero-order chi connectivity index (χ0) is 11.5. The Balaban J connectivity index is 2.40. The minimum absolute atomic E-state index is 0.259. The molecule has 1 aliphatic rings. The monoisotopic (exact) mass is 228 g/mol. The van der Waals surface area contributed by atoms with Gasteiger partial charge in [0.1, 0.15) is 5.78 Å². The van der Waals surface area contributed by atoms with Crippen LogP contribution in [0.5, 0.6) is 0 Å². The maximum absolute atomic E-state index is 12.0. The van der Waals surface area contributed by atoms with Crippen molar-refractivity contribution in [3.05, 3.63) is 0 Å².